The van der Waals surface area contributed by atoms with Gasteiger partial charge in [0.2, 0.25) is 15.9 Å². The van der Waals surface area contributed by atoms with Crippen molar-refractivity contribution in [3.63, 3.8) is 0 Å². The van der Waals surface area contributed by atoms with Crippen LogP contribution in [0.1, 0.15) is 25.3 Å². The van der Waals surface area contributed by atoms with E-state index in [-0.39, 0.29) is 23.3 Å². The van der Waals surface area contributed by atoms with Gasteiger partial charge in [-0.15, -0.1) is 0 Å². The lowest BCUT2D eigenvalue weighted by atomic mass is 9.99. The Balaban J connectivity index is 2.24. The van der Waals surface area contributed by atoms with Crippen LogP contribution in [-0.4, -0.2) is 45.4 Å². The molecule has 0 aromatic heterocycles. The normalized spacial score (nSPS) is 19.3. The summed E-state index contributed by atoms with van der Waals surface area (Å²) in [5.74, 6) is 0.299. The second-order valence-electron chi connectivity index (χ2n) is 5.68. The van der Waals surface area contributed by atoms with Crippen LogP contribution in [0.15, 0.2) is 23.1 Å². The Bertz CT molecular complexity index is 673. The van der Waals surface area contributed by atoms with Gasteiger partial charge in [-0.25, -0.2) is 8.42 Å². The lowest BCUT2D eigenvalue weighted by molar-refractivity contribution is -0.125. The summed E-state index contributed by atoms with van der Waals surface area (Å²) in [5.41, 5.74) is 0.785. The maximum absolute atomic E-state index is 12.8. The van der Waals surface area contributed by atoms with Crippen LogP contribution in [-0.2, 0) is 14.8 Å². The summed E-state index contributed by atoms with van der Waals surface area (Å²) in [5, 5.41) is 2.60. The molecule has 0 unspecified atom stereocenters. The minimum absolute atomic E-state index is 0.104. The molecular formula is C16H24N2O4S. The van der Waals surface area contributed by atoms with Crippen LogP contribution < -0.4 is 10.1 Å². The molecule has 128 valence electrons. The number of carbonyl (C=O) groups is 1. The Morgan fingerprint density at radius 2 is 2.17 bits per heavy atom. The van der Waals surface area contributed by atoms with Gasteiger partial charge < -0.3 is 10.1 Å². The van der Waals surface area contributed by atoms with Crippen molar-refractivity contribution < 1.29 is 17.9 Å². The molecule has 0 saturated carbocycles. The number of sulfonamides is 1. The van der Waals surface area contributed by atoms with Crippen molar-refractivity contribution in [1.29, 1.82) is 0 Å². The summed E-state index contributed by atoms with van der Waals surface area (Å²) in [4.78, 5) is 12.0. The first-order valence-corrected chi connectivity index (χ1v) is 9.29. The number of aryl methyl sites for hydroxylation is 1. The predicted molar refractivity (Wildman–Crippen MR) is 87.9 cm³/mol. The number of hydrogen-bond donors (Lipinski definition) is 1. The van der Waals surface area contributed by atoms with Gasteiger partial charge in [-0.3, -0.25) is 4.79 Å². The van der Waals surface area contributed by atoms with Gasteiger partial charge in [-0.05, 0) is 50.5 Å². The molecular weight excluding hydrogens is 316 g/mol. The first-order valence-electron chi connectivity index (χ1n) is 7.85. The SMILES string of the molecule is CCOc1ccc(S(=O)(=O)N2CCC[C@H](C(=O)NC)C2)cc1C. The summed E-state index contributed by atoms with van der Waals surface area (Å²) in [6.07, 6.45) is 1.40. The molecule has 2 rings (SSSR count). The van der Waals surface area contributed by atoms with E-state index in [1.165, 1.54) is 4.31 Å². The van der Waals surface area contributed by atoms with Crippen LogP contribution in [0.2, 0.25) is 0 Å². The van der Waals surface area contributed by atoms with Crippen LogP contribution in [0.5, 0.6) is 5.75 Å². The summed E-state index contributed by atoms with van der Waals surface area (Å²) in [7, 11) is -2.02. The molecule has 0 radical (unpaired) electrons. The lowest BCUT2D eigenvalue weighted by Crippen LogP contribution is -2.44. The monoisotopic (exact) mass is 340 g/mol. The van der Waals surface area contributed by atoms with E-state index in [1.54, 1.807) is 25.2 Å². The number of nitrogens with zero attached hydrogens (tertiary/aromatic N) is 1. The van der Waals surface area contributed by atoms with E-state index in [0.29, 0.717) is 31.7 Å². The van der Waals surface area contributed by atoms with Crippen LogP contribution in [0.4, 0.5) is 0 Å². The van der Waals surface area contributed by atoms with Gasteiger partial charge in [-0.2, -0.15) is 4.31 Å². The predicted octanol–water partition coefficient (Wildman–Crippen LogP) is 1.54. The standard InChI is InChI=1S/C16H24N2O4S/c1-4-22-15-8-7-14(10-12(15)2)23(20,21)18-9-5-6-13(11-18)16(19)17-3/h7-8,10,13H,4-6,9,11H2,1-3H3,(H,17,19)/t13-/m0/s1. The molecule has 6 nitrogen and oxygen atoms in total. The van der Waals surface area contributed by atoms with E-state index < -0.39 is 10.0 Å². The van der Waals surface area contributed by atoms with Gasteiger partial charge in [0.25, 0.3) is 0 Å². The molecule has 1 aromatic carbocycles. The summed E-state index contributed by atoms with van der Waals surface area (Å²) in [6.45, 7) is 4.92. The maximum atomic E-state index is 12.8. The van der Waals surface area contributed by atoms with Gasteiger partial charge >= 0.3 is 0 Å². The van der Waals surface area contributed by atoms with E-state index in [1.807, 2.05) is 13.8 Å². The fourth-order valence-corrected chi connectivity index (χ4v) is 4.44. The van der Waals surface area contributed by atoms with Gasteiger partial charge in [0.15, 0.2) is 0 Å². The third-order valence-electron chi connectivity index (χ3n) is 4.09. The molecule has 1 fully saturated rings. The van der Waals surface area contributed by atoms with Gasteiger partial charge in [0, 0.05) is 20.1 Å². The minimum Gasteiger partial charge on any atom is -0.494 e. The van der Waals surface area contributed by atoms with Crippen LogP contribution >= 0.6 is 0 Å². The second-order valence-corrected chi connectivity index (χ2v) is 7.61. The first kappa shape index (κ1) is 17.7. The lowest BCUT2D eigenvalue weighted by Gasteiger charge is -2.31. The Morgan fingerprint density at radius 1 is 1.43 bits per heavy atom. The smallest absolute Gasteiger partial charge is 0.243 e. The number of benzene rings is 1. The highest BCUT2D eigenvalue weighted by Crippen LogP contribution is 2.27. The van der Waals surface area contributed by atoms with Crippen LogP contribution in [0.25, 0.3) is 0 Å². The van der Waals surface area contributed by atoms with E-state index >= 15 is 0 Å². The minimum atomic E-state index is -3.59. The van der Waals surface area contributed by atoms with E-state index in [0.717, 1.165) is 5.56 Å². The second kappa shape index (κ2) is 7.31. The van der Waals surface area contributed by atoms with Crippen LogP contribution in [0, 0.1) is 12.8 Å². The van der Waals surface area contributed by atoms with Gasteiger partial charge in [-0.1, -0.05) is 0 Å². The van der Waals surface area contributed by atoms with Crippen molar-refractivity contribution in [2.24, 2.45) is 5.92 Å². The Kier molecular flexibility index (Phi) is 5.64. The summed E-state index contributed by atoms with van der Waals surface area (Å²) >= 11 is 0. The number of piperidine rings is 1. The van der Waals surface area contributed by atoms with E-state index in [2.05, 4.69) is 5.32 Å². The molecule has 1 aliphatic rings. The quantitative estimate of drug-likeness (QED) is 0.882. The average molecular weight is 340 g/mol. The zero-order chi connectivity index (χ0) is 17.0. The third kappa shape index (κ3) is 3.84. The summed E-state index contributed by atoms with van der Waals surface area (Å²) in [6, 6.07) is 4.88. The largest absolute Gasteiger partial charge is 0.494 e. The molecule has 1 aliphatic heterocycles. The Hall–Kier alpha value is -1.60. The first-order chi connectivity index (χ1) is 10.9. The van der Waals surface area contributed by atoms with Crippen molar-refractivity contribution in [2.45, 2.75) is 31.6 Å². The molecule has 1 aromatic rings. The van der Waals surface area contributed by atoms with Crippen molar-refractivity contribution in [1.82, 2.24) is 9.62 Å². The molecule has 0 spiro atoms. The van der Waals surface area contributed by atoms with Crippen LogP contribution in [0.3, 0.4) is 0 Å². The molecule has 0 bridgehead atoms. The molecule has 1 N–H and O–H groups in total. The maximum Gasteiger partial charge on any atom is 0.243 e. The number of rotatable bonds is 5. The van der Waals surface area contributed by atoms with Crippen molar-refractivity contribution >= 4 is 15.9 Å². The van der Waals surface area contributed by atoms with E-state index in [4.69, 9.17) is 4.74 Å². The van der Waals surface area contributed by atoms with Gasteiger partial charge in [0.05, 0.1) is 17.4 Å². The van der Waals surface area contributed by atoms with Gasteiger partial charge in [0.1, 0.15) is 5.75 Å². The third-order valence-corrected chi connectivity index (χ3v) is 5.95. The number of hydrogen-bond acceptors (Lipinski definition) is 4. The molecule has 0 aliphatic carbocycles. The fourth-order valence-electron chi connectivity index (χ4n) is 2.83. The molecule has 23 heavy (non-hydrogen) atoms. The molecule has 1 amide bonds. The van der Waals surface area contributed by atoms with Crippen molar-refractivity contribution in [3.8, 4) is 5.75 Å². The highest BCUT2D eigenvalue weighted by atomic mass is 32.2. The highest BCUT2D eigenvalue weighted by molar-refractivity contribution is 7.89. The highest BCUT2D eigenvalue weighted by Gasteiger charge is 2.33. The van der Waals surface area contributed by atoms with Crippen molar-refractivity contribution in [2.75, 3.05) is 26.7 Å². The molecule has 1 saturated heterocycles. The van der Waals surface area contributed by atoms with E-state index in [9.17, 15) is 13.2 Å². The topological polar surface area (TPSA) is 75.7 Å². The number of amides is 1. The van der Waals surface area contributed by atoms with Crippen molar-refractivity contribution in [3.05, 3.63) is 23.8 Å². The molecule has 7 heteroatoms. The average Bonchev–Trinajstić information content (AvgIpc) is 2.56. The Labute approximate surface area is 137 Å². The zero-order valence-corrected chi connectivity index (χ0v) is 14.6. The number of carbonyl (C=O) groups excluding carboxylic acids is 1. The number of ether oxygens (including phenoxy) is 1. The molecule has 1 atom stereocenters. The fraction of sp³-hybridized carbons (Fsp3) is 0.562. The Morgan fingerprint density at radius 3 is 2.78 bits per heavy atom. The summed E-state index contributed by atoms with van der Waals surface area (Å²) < 4.78 is 32.5. The zero-order valence-electron chi connectivity index (χ0n) is 13.8. The molecule has 1 heterocycles. The number of nitrogens with one attached hydrogen (secondary N) is 1.